The van der Waals surface area contributed by atoms with Gasteiger partial charge in [0.1, 0.15) is 15.8 Å². The number of rotatable bonds is 3. The van der Waals surface area contributed by atoms with Crippen LogP contribution in [0.3, 0.4) is 0 Å². The third kappa shape index (κ3) is 4.25. The van der Waals surface area contributed by atoms with Gasteiger partial charge in [-0.3, -0.25) is 10.2 Å². The molecule has 0 fully saturated rings. The van der Waals surface area contributed by atoms with Crippen LogP contribution in [0.4, 0.5) is 5.69 Å². The summed E-state index contributed by atoms with van der Waals surface area (Å²) in [6.45, 7) is 1.58. The number of halogens is 1. The van der Waals surface area contributed by atoms with Gasteiger partial charge in [0, 0.05) is 10.6 Å². The molecular formula is C17H12ClN2NaO4S. The summed E-state index contributed by atoms with van der Waals surface area (Å²) >= 11 is 6.00. The van der Waals surface area contributed by atoms with Crippen LogP contribution in [-0.2, 0) is 14.9 Å². The number of anilines is 1. The number of hydrazone groups is 1. The van der Waals surface area contributed by atoms with Gasteiger partial charge in [0.15, 0.2) is 0 Å². The molecule has 128 valence electrons. The Morgan fingerprint density at radius 2 is 1.85 bits per heavy atom. The van der Waals surface area contributed by atoms with Crippen LogP contribution in [0.2, 0.25) is 5.02 Å². The minimum Gasteiger partial charge on any atom is -0.744 e. The molecule has 9 heteroatoms. The standard InChI is InChI=1S/C17H13ClN2O4S.Na/c1-10-8-16(25(22,23)24)14(9-13(10)18)19-20-17-12-5-3-2-4-11(12)6-7-15(17)21;/h2-9,19H,1H3,(H,22,23,24);/q;+1/p-1/b20-17+;. The zero-order valence-electron chi connectivity index (χ0n) is 14.0. The molecule has 1 aliphatic rings. The van der Waals surface area contributed by atoms with Crippen molar-refractivity contribution >= 4 is 45.0 Å². The summed E-state index contributed by atoms with van der Waals surface area (Å²) in [6.07, 6.45) is 3.04. The van der Waals surface area contributed by atoms with Crippen molar-refractivity contribution in [2.75, 3.05) is 5.43 Å². The van der Waals surface area contributed by atoms with Crippen LogP contribution in [0.15, 0.2) is 52.5 Å². The van der Waals surface area contributed by atoms with Crippen LogP contribution in [0.1, 0.15) is 16.7 Å². The summed E-state index contributed by atoms with van der Waals surface area (Å²) in [5.41, 5.74) is 4.38. The second-order valence-corrected chi connectivity index (χ2v) is 7.16. The van der Waals surface area contributed by atoms with Crippen molar-refractivity contribution in [1.29, 1.82) is 0 Å². The largest absolute Gasteiger partial charge is 1.00 e. The van der Waals surface area contributed by atoms with E-state index in [0.29, 0.717) is 11.1 Å². The Labute approximate surface area is 178 Å². The molecule has 0 aliphatic heterocycles. The van der Waals surface area contributed by atoms with Gasteiger partial charge in [-0.15, -0.1) is 0 Å². The molecule has 26 heavy (non-hydrogen) atoms. The van der Waals surface area contributed by atoms with Crippen molar-refractivity contribution in [3.8, 4) is 0 Å². The number of hydrogen-bond acceptors (Lipinski definition) is 6. The van der Waals surface area contributed by atoms with E-state index >= 15 is 0 Å². The second kappa shape index (κ2) is 8.04. The zero-order valence-corrected chi connectivity index (χ0v) is 17.6. The van der Waals surface area contributed by atoms with Crippen LogP contribution in [0, 0.1) is 6.92 Å². The Morgan fingerprint density at radius 1 is 1.15 bits per heavy atom. The fourth-order valence-electron chi connectivity index (χ4n) is 2.42. The molecule has 1 aliphatic carbocycles. The number of allylic oxidation sites excluding steroid dienone is 1. The topological polar surface area (TPSA) is 98.7 Å². The van der Waals surface area contributed by atoms with Crippen LogP contribution in [0.5, 0.6) is 0 Å². The summed E-state index contributed by atoms with van der Waals surface area (Å²) < 4.78 is 34.4. The quantitative estimate of drug-likeness (QED) is 0.444. The number of carbonyl (C=O) groups is 1. The molecule has 0 heterocycles. The fourth-order valence-corrected chi connectivity index (χ4v) is 3.27. The SMILES string of the molecule is Cc1cc(S(=O)(=O)[O-])c(N/N=C2/C(=O)C=Cc3ccccc32)cc1Cl.[Na+]. The molecule has 3 rings (SSSR count). The van der Waals surface area contributed by atoms with Crippen molar-refractivity contribution in [2.45, 2.75) is 11.8 Å². The molecule has 0 unspecified atom stereocenters. The summed E-state index contributed by atoms with van der Waals surface area (Å²) in [4.78, 5) is 11.6. The number of carbonyl (C=O) groups excluding carboxylic acids is 1. The predicted molar refractivity (Wildman–Crippen MR) is 94.8 cm³/mol. The molecule has 0 saturated carbocycles. The van der Waals surface area contributed by atoms with Gasteiger partial charge < -0.3 is 4.55 Å². The first-order valence-corrected chi connectivity index (χ1v) is 8.97. The van der Waals surface area contributed by atoms with Gasteiger partial charge in [0.05, 0.1) is 10.6 Å². The summed E-state index contributed by atoms with van der Waals surface area (Å²) in [6, 6.07) is 9.60. The van der Waals surface area contributed by atoms with E-state index in [4.69, 9.17) is 11.6 Å². The molecule has 0 atom stereocenters. The first-order chi connectivity index (χ1) is 11.8. The van der Waals surface area contributed by atoms with E-state index in [1.165, 1.54) is 18.2 Å². The molecule has 0 saturated heterocycles. The average Bonchev–Trinajstić information content (AvgIpc) is 2.55. The molecule has 2 aromatic rings. The first-order valence-electron chi connectivity index (χ1n) is 7.19. The summed E-state index contributed by atoms with van der Waals surface area (Å²) in [5.74, 6) is -0.337. The van der Waals surface area contributed by atoms with Gasteiger partial charge in [0.2, 0.25) is 5.78 Å². The summed E-state index contributed by atoms with van der Waals surface area (Å²) in [5, 5.41) is 4.29. The van der Waals surface area contributed by atoms with Gasteiger partial charge in [-0.05, 0) is 36.3 Å². The number of benzene rings is 2. The van der Waals surface area contributed by atoms with Gasteiger partial charge in [0.25, 0.3) is 0 Å². The predicted octanol–water partition coefficient (Wildman–Crippen LogP) is -0.0314. The maximum atomic E-state index is 12.1. The van der Waals surface area contributed by atoms with Crippen molar-refractivity contribution in [1.82, 2.24) is 0 Å². The van der Waals surface area contributed by atoms with Gasteiger partial charge >= 0.3 is 29.6 Å². The Balaban J connectivity index is 0.00000243. The maximum absolute atomic E-state index is 12.1. The molecule has 0 spiro atoms. The number of aryl methyl sites for hydroxylation is 1. The monoisotopic (exact) mass is 398 g/mol. The number of fused-ring (bicyclic) bond motifs is 1. The molecule has 2 aromatic carbocycles. The van der Waals surface area contributed by atoms with Gasteiger partial charge in [-0.2, -0.15) is 5.10 Å². The van der Waals surface area contributed by atoms with E-state index in [-0.39, 0.29) is 51.8 Å². The number of ketones is 1. The normalized spacial score (nSPS) is 14.7. The minimum atomic E-state index is -4.74. The van der Waals surface area contributed by atoms with Crippen LogP contribution in [-0.4, -0.2) is 24.5 Å². The van der Waals surface area contributed by atoms with Crippen molar-refractivity contribution in [2.24, 2.45) is 5.10 Å². The maximum Gasteiger partial charge on any atom is 1.00 e. The first kappa shape index (κ1) is 20.8. The van der Waals surface area contributed by atoms with Gasteiger partial charge in [-0.1, -0.05) is 41.9 Å². The van der Waals surface area contributed by atoms with Crippen LogP contribution >= 0.6 is 11.6 Å². The van der Waals surface area contributed by atoms with E-state index in [1.54, 1.807) is 25.1 Å². The molecule has 1 N–H and O–H groups in total. The molecule has 0 amide bonds. The fraction of sp³-hybridized carbons (Fsp3) is 0.0588. The van der Waals surface area contributed by atoms with Crippen LogP contribution < -0.4 is 35.0 Å². The summed E-state index contributed by atoms with van der Waals surface area (Å²) in [7, 11) is -4.74. The van der Waals surface area contributed by atoms with E-state index in [0.717, 1.165) is 5.56 Å². The van der Waals surface area contributed by atoms with Gasteiger partial charge in [-0.25, -0.2) is 8.42 Å². The molecule has 0 radical (unpaired) electrons. The number of hydrogen-bond donors (Lipinski definition) is 1. The zero-order chi connectivity index (χ0) is 18.2. The molecule has 0 bridgehead atoms. The van der Waals surface area contributed by atoms with E-state index in [1.807, 2.05) is 12.1 Å². The van der Waals surface area contributed by atoms with Crippen molar-refractivity contribution < 1.29 is 47.3 Å². The second-order valence-electron chi connectivity index (χ2n) is 5.41. The molecular weight excluding hydrogens is 387 g/mol. The van der Waals surface area contributed by atoms with Crippen LogP contribution in [0.25, 0.3) is 6.08 Å². The van der Waals surface area contributed by atoms with Crippen molar-refractivity contribution in [3.63, 3.8) is 0 Å². The third-order valence-corrected chi connectivity index (χ3v) is 4.97. The van der Waals surface area contributed by atoms with E-state index < -0.39 is 15.0 Å². The van der Waals surface area contributed by atoms with Crippen molar-refractivity contribution in [3.05, 3.63) is 64.2 Å². The van der Waals surface area contributed by atoms with E-state index in [2.05, 4.69) is 10.5 Å². The third-order valence-electron chi connectivity index (χ3n) is 3.68. The minimum absolute atomic E-state index is 0. The number of nitrogens with zero attached hydrogens (tertiary/aromatic N) is 1. The Bertz CT molecular complexity index is 1050. The Hall–Kier alpha value is -1.48. The molecule has 6 nitrogen and oxygen atoms in total. The average molecular weight is 399 g/mol. The molecule has 0 aromatic heterocycles. The Morgan fingerprint density at radius 3 is 2.54 bits per heavy atom. The Kier molecular flexibility index (Phi) is 6.44. The van der Waals surface area contributed by atoms with E-state index in [9.17, 15) is 17.8 Å². The number of nitrogens with one attached hydrogen (secondary N) is 1. The smallest absolute Gasteiger partial charge is 0.744 e.